The van der Waals surface area contributed by atoms with Gasteiger partial charge in [0, 0.05) is 12.1 Å². The third-order valence-electron chi connectivity index (χ3n) is 4.30. The van der Waals surface area contributed by atoms with Gasteiger partial charge in [0.1, 0.15) is 18.2 Å². The highest BCUT2D eigenvalue weighted by Crippen LogP contribution is 2.21. The number of aromatic nitrogens is 4. The Balaban J connectivity index is 1.44. The maximum atomic E-state index is 11.7. The first-order valence-corrected chi connectivity index (χ1v) is 8.18. The van der Waals surface area contributed by atoms with Crippen LogP contribution in [0.5, 0.6) is 5.75 Å². The Labute approximate surface area is 138 Å². The van der Waals surface area contributed by atoms with Gasteiger partial charge in [-0.3, -0.25) is 9.69 Å². The van der Waals surface area contributed by atoms with Gasteiger partial charge < -0.3 is 14.7 Å². The van der Waals surface area contributed by atoms with Crippen LogP contribution in [0, 0.1) is 0 Å². The van der Waals surface area contributed by atoms with Crippen molar-refractivity contribution < 1.29 is 4.74 Å². The number of likely N-dealkylation sites (tertiary alicyclic amines) is 1. The zero-order chi connectivity index (χ0) is 16.4. The first kappa shape index (κ1) is 14.9. The van der Waals surface area contributed by atoms with Crippen molar-refractivity contribution >= 4 is 11.2 Å². The Morgan fingerprint density at radius 3 is 2.71 bits per heavy atom. The predicted octanol–water partition coefficient (Wildman–Crippen LogP) is 1.79. The number of nitrogens with one attached hydrogen (secondary N) is 2. The molecule has 1 aliphatic rings. The van der Waals surface area contributed by atoms with Gasteiger partial charge in [0.15, 0.2) is 11.2 Å². The van der Waals surface area contributed by atoms with E-state index in [9.17, 15) is 4.79 Å². The summed E-state index contributed by atoms with van der Waals surface area (Å²) >= 11 is 0. The lowest BCUT2D eigenvalue weighted by molar-refractivity contribution is 0.238. The second-order valence-electron chi connectivity index (χ2n) is 5.94. The van der Waals surface area contributed by atoms with E-state index >= 15 is 0 Å². The summed E-state index contributed by atoms with van der Waals surface area (Å²) in [4.78, 5) is 28.1. The summed E-state index contributed by atoms with van der Waals surface area (Å²) in [5, 5.41) is 0. The van der Waals surface area contributed by atoms with Gasteiger partial charge in [-0.05, 0) is 50.2 Å². The summed E-state index contributed by atoms with van der Waals surface area (Å²) in [6, 6.07) is 7.70. The fourth-order valence-corrected chi connectivity index (χ4v) is 2.98. The van der Waals surface area contributed by atoms with Gasteiger partial charge in [0.25, 0.3) is 5.56 Å². The summed E-state index contributed by atoms with van der Waals surface area (Å²) in [7, 11) is 0. The van der Waals surface area contributed by atoms with Crippen LogP contribution in [0.2, 0.25) is 0 Å². The lowest BCUT2D eigenvalue weighted by atomic mass is 10.2. The van der Waals surface area contributed by atoms with Crippen LogP contribution in [0.4, 0.5) is 0 Å². The minimum Gasteiger partial charge on any atom is -0.492 e. The first-order chi connectivity index (χ1) is 11.8. The Hall–Kier alpha value is -2.67. The molecule has 0 aliphatic carbocycles. The van der Waals surface area contributed by atoms with Crippen molar-refractivity contribution in [3.05, 3.63) is 40.9 Å². The average molecular weight is 325 g/mol. The number of rotatable bonds is 5. The maximum Gasteiger partial charge on any atom is 0.276 e. The largest absolute Gasteiger partial charge is 0.492 e. The molecule has 1 fully saturated rings. The Morgan fingerprint density at radius 2 is 1.96 bits per heavy atom. The Morgan fingerprint density at radius 1 is 1.17 bits per heavy atom. The number of H-pyrrole nitrogens is 2. The number of hydrogen-bond donors (Lipinski definition) is 2. The number of ether oxygens (including phenoxy) is 1. The molecule has 1 aliphatic heterocycles. The number of benzene rings is 1. The van der Waals surface area contributed by atoms with E-state index in [1.165, 1.54) is 32.3 Å². The highest BCUT2D eigenvalue weighted by atomic mass is 16.5. The monoisotopic (exact) mass is 325 g/mol. The van der Waals surface area contributed by atoms with E-state index in [4.69, 9.17) is 4.74 Å². The van der Waals surface area contributed by atoms with Gasteiger partial charge in [-0.2, -0.15) is 0 Å². The van der Waals surface area contributed by atoms with Crippen LogP contribution in [0.15, 0.2) is 35.4 Å². The standard InChI is InChI=1S/C17H19N5O2/c23-17-14-16(18-11-19-17)21-15(20-14)12-3-5-13(6-4-12)24-10-9-22-7-1-2-8-22/h3-6,11H,1-2,7-10H2,(H2,18,19,20,21,23). The number of hydrogen-bond acceptors (Lipinski definition) is 5. The van der Waals surface area contributed by atoms with Crippen molar-refractivity contribution in [2.75, 3.05) is 26.2 Å². The molecule has 0 radical (unpaired) electrons. The third-order valence-corrected chi connectivity index (χ3v) is 4.30. The highest BCUT2D eigenvalue weighted by molar-refractivity contribution is 5.74. The Bertz CT molecular complexity index is 878. The van der Waals surface area contributed by atoms with Gasteiger partial charge >= 0.3 is 0 Å². The minimum atomic E-state index is -0.222. The number of aromatic amines is 2. The van der Waals surface area contributed by atoms with E-state index in [0.29, 0.717) is 23.6 Å². The molecule has 1 saturated heterocycles. The van der Waals surface area contributed by atoms with Crippen molar-refractivity contribution in [3.63, 3.8) is 0 Å². The average Bonchev–Trinajstić information content (AvgIpc) is 3.25. The number of imidazole rings is 1. The smallest absolute Gasteiger partial charge is 0.276 e. The summed E-state index contributed by atoms with van der Waals surface area (Å²) in [5.74, 6) is 1.46. The molecule has 2 aromatic heterocycles. The van der Waals surface area contributed by atoms with Crippen LogP contribution in [-0.4, -0.2) is 51.1 Å². The minimum absolute atomic E-state index is 0.222. The molecule has 24 heavy (non-hydrogen) atoms. The molecule has 0 spiro atoms. The molecule has 0 atom stereocenters. The van der Waals surface area contributed by atoms with E-state index in [1.54, 1.807) is 0 Å². The van der Waals surface area contributed by atoms with E-state index in [-0.39, 0.29) is 5.56 Å². The van der Waals surface area contributed by atoms with Crippen molar-refractivity contribution in [2.24, 2.45) is 0 Å². The van der Waals surface area contributed by atoms with Crippen LogP contribution in [0.3, 0.4) is 0 Å². The van der Waals surface area contributed by atoms with Crippen molar-refractivity contribution in [1.29, 1.82) is 0 Å². The first-order valence-electron chi connectivity index (χ1n) is 8.18. The fraction of sp³-hybridized carbons (Fsp3) is 0.353. The molecule has 2 N–H and O–H groups in total. The van der Waals surface area contributed by atoms with Crippen LogP contribution in [0.25, 0.3) is 22.6 Å². The lowest BCUT2D eigenvalue weighted by Gasteiger charge is -2.14. The van der Waals surface area contributed by atoms with Gasteiger partial charge in [-0.25, -0.2) is 9.97 Å². The summed E-state index contributed by atoms with van der Waals surface area (Å²) < 4.78 is 5.80. The lowest BCUT2D eigenvalue weighted by Crippen LogP contribution is -2.25. The molecule has 7 nitrogen and oxygen atoms in total. The van der Waals surface area contributed by atoms with Crippen LogP contribution in [0.1, 0.15) is 12.8 Å². The normalized spacial score (nSPS) is 15.2. The molecular weight excluding hydrogens is 306 g/mol. The maximum absolute atomic E-state index is 11.7. The molecule has 4 rings (SSSR count). The van der Waals surface area contributed by atoms with E-state index in [2.05, 4.69) is 24.8 Å². The molecule has 3 heterocycles. The van der Waals surface area contributed by atoms with Gasteiger partial charge in [0.2, 0.25) is 0 Å². The van der Waals surface area contributed by atoms with E-state index in [0.717, 1.165) is 17.9 Å². The quantitative estimate of drug-likeness (QED) is 0.747. The van der Waals surface area contributed by atoms with Gasteiger partial charge in [-0.1, -0.05) is 0 Å². The van der Waals surface area contributed by atoms with Crippen molar-refractivity contribution in [2.45, 2.75) is 12.8 Å². The Kier molecular flexibility index (Phi) is 4.00. The van der Waals surface area contributed by atoms with Gasteiger partial charge in [-0.15, -0.1) is 0 Å². The fourth-order valence-electron chi connectivity index (χ4n) is 2.98. The summed E-state index contributed by atoms with van der Waals surface area (Å²) in [5.41, 5.74) is 1.47. The number of fused-ring (bicyclic) bond motifs is 1. The molecule has 3 aromatic rings. The topological polar surface area (TPSA) is 86.9 Å². The molecular formula is C17H19N5O2. The molecule has 0 bridgehead atoms. The summed E-state index contributed by atoms with van der Waals surface area (Å²) in [6.45, 7) is 4.03. The highest BCUT2D eigenvalue weighted by Gasteiger charge is 2.11. The molecule has 0 saturated carbocycles. The van der Waals surface area contributed by atoms with Gasteiger partial charge in [0.05, 0.1) is 6.33 Å². The van der Waals surface area contributed by atoms with Crippen molar-refractivity contribution in [3.8, 4) is 17.1 Å². The molecule has 0 unspecified atom stereocenters. The summed E-state index contributed by atoms with van der Waals surface area (Å²) in [6.07, 6.45) is 3.94. The SMILES string of the molecule is O=c1[nH]cnc2nc(-c3ccc(OCCN4CCCC4)cc3)[nH]c12. The number of nitrogens with zero attached hydrogens (tertiary/aromatic N) is 3. The van der Waals surface area contributed by atoms with Crippen LogP contribution >= 0.6 is 0 Å². The third kappa shape index (κ3) is 3.03. The van der Waals surface area contributed by atoms with E-state index < -0.39 is 0 Å². The zero-order valence-corrected chi connectivity index (χ0v) is 13.3. The predicted molar refractivity (Wildman–Crippen MR) is 91.1 cm³/mol. The molecule has 1 aromatic carbocycles. The van der Waals surface area contributed by atoms with Crippen LogP contribution in [-0.2, 0) is 0 Å². The zero-order valence-electron chi connectivity index (χ0n) is 13.3. The molecule has 124 valence electrons. The second-order valence-corrected chi connectivity index (χ2v) is 5.94. The van der Waals surface area contributed by atoms with Crippen molar-refractivity contribution in [1.82, 2.24) is 24.8 Å². The molecule has 7 heteroatoms. The van der Waals surface area contributed by atoms with E-state index in [1.807, 2.05) is 24.3 Å². The molecule has 0 amide bonds. The second kappa shape index (κ2) is 6.45. The van der Waals surface area contributed by atoms with Crippen LogP contribution < -0.4 is 10.3 Å².